The number of amides is 1. The smallest absolute Gasteiger partial charge is 0.272 e. The summed E-state index contributed by atoms with van der Waals surface area (Å²) in [4.78, 5) is 17.7. The van der Waals surface area contributed by atoms with E-state index in [0.29, 0.717) is 16.5 Å². The zero-order chi connectivity index (χ0) is 17.4. The molecule has 0 aliphatic carbocycles. The lowest BCUT2D eigenvalue weighted by Crippen LogP contribution is -2.61. The number of piperidine rings is 2. The van der Waals surface area contributed by atoms with Crippen molar-refractivity contribution in [2.45, 2.75) is 19.8 Å². The molecule has 6 heteroatoms. The highest BCUT2D eigenvalue weighted by Crippen LogP contribution is 2.41. The maximum atomic E-state index is 12.5. The van der Waals surface area contributed by atoms with E-state index in [4.69, 9.17) is 11.6 Å². The summed E-state index contributed by atoms with van der Waals surface area (Å²) >= 11 is 6.14. The highest BCUT2D eigenvalue weighted by atomic mass is 35.5. The molecule has 4 saturated heterocycles. The maximum Gasteiger partial charge on any atom is 0.272 e. The molecular formula is C19H25ClN4O. The van der Waals surface area contributed by atoms with Crippen molar-refractivity contribution < 1.29 is 4.79 Å². The third kappa shape index (κ3) is 3.09. The SMILES string of the molecule is CCCC12CN3CCN(CC(C3)/C1=N/NC(=O)c1ccccc1Cl)C2. The first-order chi connectivity index (χ1) is 12.1. The van der Waals surface area contributed by atoms with Gasteiger partial charge in [0, 0.05) is 50.6 Å². The van der Waals surface area contributed by atoms with Crippen LogP contribution in [0.2, 0.25) is 5.02 Å². The number of fused-ring (bicyclic) bond motifs is 1. The standard InChI is InChI=1S/C19H25ClN4O/c1-2-7-19-12-23-8-9-24(13-19)11-14(10-23)17(19)21-22-18(25)15-5-3-4-6-16(15)20/h3-6,14H,2,7-13H2,1H3,(H,22,25)/b21-17-. The molecule has 4 aliphatic heterocycles. The molecule has 0 radical (unpaired) electrons. The Hall–Kier alpha value is -1.43. The van der Waals surface area contributed by atoms with Crippen molar-refractivity contribution in [3.05, 3.63) is 34.9 Å². The predicted octanol–water partition coefficient (Wildman–Crippen LogP) is 2.47. The molecule has 25 heavy (non-hydrogen) atoms. The summed E-state index contributed by atoms with van der Waals surface area (Å²) in [5.74, 6) is 0.195. The van der Waals surface area contributed by atoms with Gasteiger partial charge < -0.3 is 9.80 Å². The zero-order valence-electron chi connectivity index (χ0n) is 14.7. The van der Waals surface area contributed by atoms with E-state index in [1.165, 1.54) is 5.71 Å². The van der Waals surface area contributed by atoms with Crippen LogP contribution in [0.3, 0.4) is 0 Å². The minimum Gasteiger partial charge on any atom is -0.300 e. The van der Waals surface area contributed by atoms with Gasteiger partial charge in [-0.3, -0.25) is 4.79 Å². The highest BCUT2D eigenvalue weighted by molar-refractivity contribution is 6.33. The van der Waals surface area contributed by atoms with Gasteiger partial charge in [-0.15, -0.1) is 0 Å². The van der Waals surface area contributed by atoms with Gasteiger partial charge >= 0.3 is 0 Å². The molecule has 0 spiro atoms. The predicted molar refractivity (Wildman–Crippen MR) is 100 cm³/mol. The Morgan fingerprint density at radius 1 is 1.28 bits per heavy atom. The molecule has 5 rings (SSSR count). The van der Waals surface area contributed by atoms with Crippen LogP contribution in [0.1, 0.15) is 30.1 Å². The third-order valence-electron chi connectivity index (χ3n) is 5.80. The van der Waals surface area contributed by atoms with Gasteiger partial charge in [-0.05, 0) is 18.6 Å². The van der Waals surface area contributed by atoms with Gasteiger partial charge in [-0.25, -0.2) is 5.43 Å². The monoisotopic (exact) mass is 360 g/mol. The van der Waals surface area contributed by atoms with E-state index < -0.39 is 0 Å². The van der Waals surface area contributed by atoms with E-state index in [9.17, 15) is 4.79 Å². The fourth-order valence-electron chi connectivity index (χ4n) is 4.90. The lowest BCUT2D eigenvalue weighted by molar-refractivity contribution is 0.0940. The number of benzene rings is 1. The highest BCUT2D eigenvalue weighted by Gasteiger charge is 2.51. The Kier molecular flexibility index (Phi) is 4.56. The number of hydrogen-bond donors (Lipinski definition) is 1. The number of nitrogens with one attached hydrogen (secondary N) is 1. The summed E-state index contributed by atoms with van der Waals surface area (Å²) in [6.45, 7) is 8.79. The average molecular weight is 361 g/mol. The Morgan fingerprint density at radius 3 is 2.60 bits per heavy atom. The molecule has 4 heterocycles. The van der Waals surface area contributed by atoms with E-state index in [-0.39, 0.29) is 11.3 Å². The maximum absolute atomic E-state index is 12.5. The summed E-state index contributed by atoms with van der Waals surface area (Å²) < 4.78 is 0. The van der Waals surface area contributed by atoms with Crippen LogP contribution in [0.4, 0.5) is 0 Å². The number of rotatable bonds is 4. The van der Waals surface area contributed by atoms with Gasteiger partial charge in [0.2, 0.25) is 0 Å². The molecule has 2 atom stereocenters. The van der Waals surface area contributed by atoms with Crippen molar-refractivity contribution in [2.24, 2.45) is 16.4 Å². The van der Waals surface area contributed by atoms with Crippen LogP contribution in [-0.2, 0) is 0 Å². The van der Waals surface area contributed by atoms with Crippen molar-refractivity contribution in [2.75, 3.05) is 39.3 Å². The lowest BCUT2D eigenvalue weighted by Gasteiger charge is -2.50. The number of nitrogens with zero attached hydrogens (tertiary/aromatic N) is 3. The van der Waals surface area contributed by atoms with E-state index in [0.717, 1.165) is 52.1 Å². The fraction of sp³-hybridized carbons (Fsp3) is 0.579. The molecule has 1 aromatic carbocycles. The number of carbonyl (C=O) groups is 1. The van der Waals surface area contributed by atoms with Crippen LogP contribution < -0.4 is 5.43 Å². The van der Waals surface area contributed by atoms with E-state index in [1.54, 1.807) is 12.1 Å². The summed E-state index contributed by atoms with van der Waals surface area (Å²) in [6.07, 6.45) is 2.25. The third-order valence-corrected chi connectivity index (χ3v) is 6.13. The Bertz CT molecular complexity index is 688. The number of halogens is 1. The van der Waals surface area contributed by atoms with Crippen molar-refractivity contribution >= 4 is 23.2 Å². The average Bonchev–Trinajstić information content (AvgIpc) is 2.82. The van der Waals surface area contributed by atoms with Crippen LogP contribution in [0.5, 0.6) is 0 Å². The molecule has 4 bridgehead atoms. The molecule has 4 aliphatic rings. The summed E-state index contributed by atoms with van der Waals surface area (Å²) in [5.41, 5.74) is 4.56. The molecule has 1 N–H and O–H groups in total. The van der Waals surface area contributed by atoms with Crippen LogP contribution in [0.15, 0.2) is 29.4 Å². The first-order valence-electron chi connectivity index (χ1n) is 9.19. The second kappa shape index (κ2) is 6.71. The first-order valence-corrected chi connectivity index (χ1v) is 9.57. The van der Waals surface area contributed by atoms with Crippen molar-refractivity contribution in [1.29, 1.82) is 0 Å². The van der Waals surface area contributed by atoms with Gasteiger partial charge in [0.05, 0.1) is 16.3 Å². The molecule has 0 saturated carbocycles. The summed E-state index contributed by atoms with van der Waals surface area (Å²) in [7, 11) is 0. The van der Waals surface area contributed by atoms with Crippen molar-refractivity contribution in [3.8, 4) is 0 Å². The van der Waals surface area contributed by atoms with Gasteiger partial charge in [-0.2, -0.15) is 5.10 Å². The zero-order valence-corrected chi connectivity index (χ0v) is 15.4. The molecule has 4 fully saturated rings. The normalized spacial score (nSPS) is 35.0. The minimum atomic E-state index is -0.225. The molecule has 134 valence electrons. The number of hydrazone groups is 1. The van der Waals surface area contributed by atoms with Crippen molar-refractivity contribution in [1.82, 2.24) is 15.2 Å². The molecule has 1 amide bonds. The van der Waals surface area contributed by atoms with Crippen molar-refractivity contribution in [3.63, 3.8) is 0 Å². The largest absolute Gasteiger partial charge is 0.300 e. The molecule has 0 aromatic heterocycles. The first kappa shape index (κ1) is 17.0. The lowest BCUT2D eigenvalue weighted by atomic mass is 9.68. The van der Waals surface area contributed by atoms with E-state index >= 15 is 0 Å². The van der Waals surface area contributed by atoms with Gasteiger partial charge in [0.15, 0.2) is 0 Å². The summed E-state index contributed by atoms with van der Waals surface area (Å²) in [6, 6.07) is 7.11. The Morgan fingerprint density at radius 2 is 1.96 bits per heavy atom. The van der Waals surface area contributed by atoms with Crippen LogP contribution >= 0.6 is 11.6 Å². The minimum absolute atomic E-state index is 0.0835. The number of carbonyl (C=O) groups excluding carboxylic acids is 1. The van der Waals surface area contributed by atoms with E-state index in [2.05, 4.69) is 27.3 Å². The quantitative estimate of drug-likeness (QED) is 0.839. The fourth-order valence-corrected chi connectivity index (χ4v) is 5.12. The van der Waals surface area contributed by atoms with Gasteiger partial charge in [0.1, 0.15) is 0 Å². The Balaban J connectivity index is 1.61. The molecule has 2 unspecified atom stereocenters. The van der Waals surface area contributed by atoms with Crippen LogP contribution in [0.25, 0.3) is 0 Å². The second-order valence-corrected chi connectivity index (χ2v) is 8.02. The van der Waals surface area contributed by atoms with Crippen LogP contribution in [-0.4, -0.2) is 60.7 Å². The van der Waals surface area contributed by atoms with Gasteiger partial charge in [0.25, 0.3) is 5.91 Å². The topological polar surface area (TPSA) is 47.9 Å². The molecular weight excluding hydrogens is 336 g/mol. The summed E-state index contributed by atoms with van der Waals surface area (Å²) in [5, 5.41) is 5.14. The Labute approximate surface area is 154 Å². The van der Waals surface area contributed by atoms with E-state index in [1.807, 2.05) is 12.1 Å². The van der Waals surface area contributed by atoms with Gasteiger partial charge in [-0.1, -0.05) is 37.1 Å². The second-order valence-electron chi connectivity index (χ2n) is 7.62. The van der Waals surface area contributed by atoms with Crippen LogP contribution in [0, 0.1) is 11.3 Å². The number of hydrogen-bond acceptors (Lipinski definition) is 4. The molecule has 5 nitrogen and oxygen atoms in total. The molecule has 1 aromatic rings.